The smallest absolute Gasteiger partial charge is 0.283 e. The number of thioether (sulfide) groups is 1. The molecule has 5 rings (SSSR count). The summed E-state index contributed by atoms with van der Waals surface area (Å²) in [7, 11) is 0. The molecule has 2 aliphatic rings. The lowest BCUT2D eigenvalue weighted by Crippen LogP contribution is -2.35. The summed E-state index contributed by atoms with van der Waals surface area (Å²) in [4.78, 5) is 17.0. The predicted octanol–water partition coefficient (Wildman–Crippen LogP) is 7.02. The van der Waals surface area contributed by atoms with Gasteiger partial charge in [0.2, 0.25) is 5.17 Å². The van der Waals surface area contributed by atoms with Crippen molar-refractivity contribution < 1.29 is 14.3 Å². The van der Waals surface area contributed by atoms with Crippen LogP contribution in [0.3, 0.4) is 0 Å². The third kappa shape index (κ3) is 6.02. The van der Waals surface area contributed by atoms with Gasteiger partial charge < -0.3 is 9.47 Å². The van der Waals surface area contributed by atoms with Crippen molar-refractivity contribution in [2.75, 3.05) is 13.2 Å². The minimum Gasteiger partial charge on any atom is -0.493 e. The number of hydrogen-bond donors (Lipinski definition) is 1. The lowest BCUT2D eigenvalue weighted by Gasteiger charge is -2.20. The number of aryl methyl sites for hydroxylation is 1. The maximum atomic E-state index is 12.8. The molecule has 2 heterocycles. The van der Waals surface area contributed by atoms with Crippen molar-refractivity contribution in [2.45, 2.75) is 39.5 Å². The number of hydrazone groups is 1. The molecular weight excluding hydrogens is 520 g/mol. The molecule has 204 valence electrons. The van der Waals surface area contributed by atoms with Crippen LogP contribution in [0, 0.1) is 12.3 Å². The monoisotopic (exact) mass is 552 g/mol. The van der Waals surface area contributed by atoms with Crippen molar-refractivity contribution in [2.24, 2.45) is 10.1 Å². The van der Waals surface area contributed by atoms with Gasteiger partial charge >= 0.3 is 0 Å². The zero-order valence-corrected chi connectivity index (χ0v) is 23.7. The van der Waals surface area contributed by atoms with Gasteiger partial charge in [0.25, 0.3) is 5.91 Å². The third-order valence-corrected chi connectivity index (χ3v) is 7.84. The van der Waals surface area contributed by atoms with Crippen LogP contribution >= 0.6 is 11.8 Å². The lowest BCUT2D eigenvalue weighted by atomic mass is 9.98. The maximum absolute atomic E-state index is 12.8. The summed E-state index contributed by atoms with van der Waals surface area (Å²) in [6.07, 6.45) is 3.49. The Morgan fingerprint density at radius 3 is 2.50 bits per heavy atom. The molecule has 0 aromatic heterocycles. The lowest BCUT2D eigenvalue weighted by molar-refractivity contribution is -0.114. The first-order valence-corrected chi connectivity index (χ1v) is 14.3. The second-order valence-corrected chi connectivity index (χ2v) is 10.7. The van der Waals surface area contributed by atoms with Crippen LogP contribution in [0.15, 0.2) is 88.5 Å². The maximum Gasteiger partial charge on any atom is 0.283 e. The Morgan fingerprint density at radius 2 is 1.73 bits per heavy atom. The molecule has 0 radical (unpaired) electrons. The molecule has 40 heavy (non-hydrogen) atoms. The number of nitrogens with zero attached hydrogens (tertiary/aromatic N) is 3. The van der Waals surface area contributed by atoms with Crippen LogP contribution in [-0.2, 0) is 4.79 Å². The van der Waals surface area contributed by atoms with Crippen molar-refractivity contribution in [3.63, 3.8) is 0 Å². The number of fused-ring (bicyclic) bond motifs is 1. The van der Waals surface area contributed by atoms with Crippen molar-refractivity contribution in [1.29, 1.82) is 5.41 Å². The topological polar surface area (TPSA) is 87.3 Å². The Bertz CT molecular complexity index is 1510. The van der Waals surface area contributed by atoms with Gasteiger partial charge in [0.05, 0.1) is 18.8 Å². The van der Waals surface area contributed by atoms with Gasteiger partial charge in [0, 0.05) is 12.0 Å². The fourth-order valence-electron chi connectivity index (χ4n) is 4.41. The van der Waals surface area contributed by atoms with Crippen LogP contribution < -0.4 is 9.47 Å². The summed E-state index contributed by atoms with van der Waals surface area (Å²) in [5.41, 5.74) is 4.25. The van der Waals surface area contributed by atoms with E-state index >= 15 is 0 Å². The van der Waals surface area contributed by atoms with Gasteiger partial charge in [-0.05, 0) is 72.0 Å². The molecular formula is C32H32N4O3S. The normalized spacial score (nSPS) is 16.5. The highest BCUT2D eigenvalue weighted by atomic mass is 32.2. The van der Waals surface area contributed by atoms with E-state index in [4.69, 9.17) is 14.9 Å². The molecule has 0 spiro atoms. The molecule has 2 aliphatic heterocycles. The number of hydrogen-bond acceptors (Lipinski definition) is 6. The number of carbonyl (C=O) groups is 1. The number of carbonyl (C=O) groups excluding carboxylic acids is 1. The second-order valence-electron chi connectivity index (χ2n) is 9.71. The number of amidine groups is 2. The highest BCUT2D eigenvalue weighted by Crippen LogP contribution is 2.32. The first kappa shape index (κ1) is 27.4. The van der Waals surface area contributed by atoms with Crippen LogP contribution in [0.5, 0.6) is 11.5 Å². The minimum atomic E-state index is -0.444. The molecule has 3 aromatic rings. The van der Waals surface area contributed by atoms with E-state index in [1.165, 1.54) is 22.3 Å². The van der Waals surface area contributed by atoms with E-state index in [0.717, 1.165) is 46.1 Å². The van der Waals surface area contributed by atoms with Gasteiger partial charge in [0.15, 0.2) is 5.84 Å². The Balaban J connectivity index is 1.17. The van der Waals surface area contributed by atoms with Crippen LogP contribution in [0.1, 0.15) is 54.9 Å². The summed E-state index contributed by atoms with van der Waals surface area (Å²) in [5, 5.41) is 15.8. The summed E-state index contributed by atoms with van der Waals surface area (Å²) in [6.45, 7) is 7.51. The summed E-state index contributed by atoms with van der Waals surface area (Å²) in [5.74, 6) is 1.70. The van der Waals surface area contributed by atoms with E-state index in [1.54, 1.807) is 6.08 Å². The van der Waals surface area contributed by atoms with Crippen LogP contribution in [0.4, 0.5) is 0 Å². The van der Waals surface area contributed by atoms with Gasteiger partial charge in [-0.3, -0.25) is 10.2 Å². The Labute approximate surface area is 239 Å². The fourth-order valence-corrected chi connectivity index (χ4v) is 5.39. The number of ether oxygens (including phenoxy) is 2. The number of rotatable bonds is 10. The molecule has 7 nitrogen and oxygen atoms in total. The first-order valence-electron chi connectivity index (χ1n) is 13.5. The summed E-state index contributed by atoms with van der Waals surface area (Å²) >= 11 is 1.30. The molecule has 0 fully saturated rings. The fraction of sp³-hybridized carbons (Fsp3) is 0.250. The molecule has 0 aliphatic carbocycles. The summed E-state index contributed by atoms with van der Waals surface area (Å²) < 4.78 is 11.9. The van der Waals surface area contributed by atoms with Gasteiger partial charge in [-0.1, -0.05) is 68.4 Å². The second kappa shape index (κ2) is 12.3. The highest BCUT2D eigenvalue weighted by Gasteiger charge is 2.36. The van der Waals surface area contributed by atoms with Crippen molar-refractivity contribution in [1.82, 2.24) is 5.01 Å². The average molecular weight is 553 g/mol. The molecule has 1 N–H and O–H groups in total. The number of aliphatic imine (C=N–C) groups is 1. The number of para-hydroxylation sites is 1. The molecule has 0 saturated carbocycles. The van der Waals surface area contributed by atoms with Crippen molar-refractivity contribution in [3.05, 3.63) is 101 Å². The SMILES string of the molecule is CC[C@@H](C)c1ccccc1OCCCOc1ccc(/C=C2/C(=N)N3N=C(c4ccccc4C)SC3=NC2=O)cc1. The van der Waals surface area contributed by atoms with Crippen LogP contribution in [0.2, 0.25) is 0 Å². The molecule has 3 aromatic carbocycles. The van der Waals surface area contributed by atoms with E-state index in [2.05, 4.69) is 36.1 Å². The van der Waals surface area contributed by atoms with E-state index < -0.39 is 5.91 Å². The average Bonchev–Trinajstić information content (AvgIpc) is 3.39. The minimum absolute atomic E-state index is 0.0151. The van der Waals surface area contributed by atoms with Crippen LogP contribution in [-0.4, -0.2) is 40.2 Å². The van der Waals surface area contributed by atoms with E-state index in [1.807, 2.05) is 67.6 Å². The van der Waals surface area contributed by atoms with E-state index in [0.29, 0.717) is 24.3 Å². The van der Waals surface area contributed by atoms with Gasteiger partial charge in [0.1, 0.15) is 16.5 Å². The third-order valence-electron chi connectivity index (χ3n) is 6.90. The van der Waals surface area contributed by atoms with Crippen molar-refractivity contribution >= 4 is 39.8 Å². The molecule has 0 unspecified atom stereocenters. The summed E-state index contributed by atoms with van der Waals surface area (Å²) in [6, 6.07) is 23.6. The van der Waals surface area contributed by atoms with Gasteiger partial charge in [-0.25, -0.2) is 0 Å². The number of benzene rings is 3. The highest BCUT2D eigenvalue weighted by molar-refractivity contribution is 8.27. The van der Waals surface area contributed by atoms with Gasteiger partial charge in [-0.15, -0.1) is 0 Å². The molecule has 8 heteroatoms. The van der Waals surface area contributed by atoms with Crippen molar-refractivity contribution in [3.8, 4) is 11.5 Å². The Hall–Kier alpha value is -4.17. The number of nitrogens with one attached hydrogen (secondary N) is 1. The zero-order chi connectivity index (χ0) is 28.1. The quantitative estimate of drug-likeness (QED) is 0.216. The zero-order valence-electron chi connectivity index (χ0n) is 22.9. The van der Waals surface area contributed by atoms with Gasteiger partial charge in [-0.2, -0.15) is 15.1 Å². The standard InChI is InChI=1S/C32H32N4O3S/c1-4-21(2)25-11-7-8-13-28(25)39-19-9-18-38-24-16-14-23(15-17-24)20-27-29(33)36-32(34-30(27)37)40-31(35-36)26-12-6-5-10-22(26)3/h5-8,10-17,20-21,33H,4,9,18-19H2,1-3H3/b27-20-,33-29?/t21-/m1/s1. The molecule has 1 amide bonds. The molecule has 0 saturated heterocycles. The Kier molecular flexibility index (Phi) is 8.45. The number of amides is 1. The van der Waals surface area contributed by atoms with E-state index in [9.17, 15) is 4.79 Å². The van der Waals surface area contributed by atoms with Crippen LogP contribution in [0.25, 0.3) is 6.08 Å². The predicted molar refractivity (Wildman–Crippen MR) is 162 cm³/mol. The molecule has 0 bridgehead atoms. The van der Waals surface area contributed by atoms with E-state index in [-0.39, 0.29) is 11.4 Å². The largest absolute Gasteiger partial charge is 0.493 e. The Morgan fingerprint density at radius 1 is 1.00 bits per heavy atom. The molecule has 1 atom stereocenters. The first-order chi connectivity index (χ1) is 19.4.